The molecule has 0 saturated heterocycles. The molecule has 0 spiro atoms. The van der Waals surface area contributed by atoms with E-state index < -0.39 is 0 Å². The largest absolute Gasteiger partial charge is 0.374 e. The number of halogens is 1. The minimum absolute atomic E-state index is 0.482. The van der Waals surface area contributed by atoms with Crippen molar-refractivity contribution in [2.45, 2.75) is 12.8 Å². The van der Waals surface area contributed by atoms with E-state index in [1.165, 1.54) is 0 Å². The van der Waals surface area contributed by atoms with Crippen LogP contribution in [0.2, 0.25) is 5.02 Å². The molecule has 0 aromatic heterocycles. The molecule has 0 atom stereocenters. The molecule has 0 fully saturated rings. The van der Waals surface area contributed by atoms with Gasteiger partial charge in [0.2, 0.25) is 0 Å². The first-order valence-corrected chi connectivity index (χ1v) is 10.8. The van der Waals surface area contributed by atoms with Gasteiger partial charge in [0.25, 0.3) is 0 Å². The summed E-state index contributed by atoms with van der Waals surface area (Å²) in [6, 6.07) is 20.4. The molecule has 0 N–H and O–H groups in total. The Morgan fingerprint density at radius 3 is 2.19 bits per heavy atom. The van der Waals surface area contributed by atoms with Gasteiger partial charge in [0.15, 0.2) is 12.8 Å². The van der Waals surface area contributed by atoms with E-state index in [0.717, 1.165) is 28.0 Å². The maximum absolute atomic E-state index is 8.83. The molecular formula is C27H28ClN4+. The number of nitriles is 2. The first kappa shape index (κ1) is 24.7. The predicted molar refractivity (Wildman–Crippen MR) is 134 cm³/mol. The third-order valence-corrected chi connectivity index (χ3v) is 5.24. The van der Waals surface area contributed by atoms with E-state index in [0.29, 0.717) is 31.0 Å². The van der Waals surface area contributed by atoms with E-state index in [1.54, 1.807) is 0 Å². The van der Waals surface area contributed by atoms with E-state index in [-0.39, 0.29) is 0 Å². The van der Waals surface area contributed by atoms with Crippen molar-refractivity contribution in [2.24, 2.45) is 0 Å². The number of hydrogen-bond acceptors (Lipinski definition) is 3. The molecule has 0 bridgehead atoms. The third kappa shape index (κ3) is 7.27. The zero-order valence-electron chi connectivity index (χ0n) is 18.6. The first-order valence-electron chi connectivity index (χ1n) is 10.4. The number of anilines is 1. The quantitative estimate of drug-likeness (QED) is 0.262. The van der Waals surface area contributed by atoms with Crippen LogP contribution in [-0.2, 0) is 0 Å². The number of nitrogens with zero attached hydrogens (tertiary/aromatic N) is 4. The molecule has 2 aromatic rings. The molecule has 0 radical (unpaired) electrons. The Labute approximate surface area is 196 Å². The standard InChI is InChI=1S/C27H28ClN4/c1-4-22(8-5-19-31(2)20-6-17-29)27(23-9-13-25(28)14-10-23)24-11-15-26(16-12-24)32(3)21-7-18-30/h4-5,8-16,19H,1,6-7,20-21H2,2-3H3/q+1. The second-order valence-corrected chi connectivity index (χ2v) is 7.75. The van der Waals surface area contributed by atoms with E-state index >= 15 is 0 Å². The second-order valence-electron chi connectivity index (χ2n) is 7.31. The number of rotatable bonds is 10. The smallest absolute Gasteiger partial charge is 0.163 e. The normalized spacial score (nSPS) is 12.1. The molecular weight excluding hydrogens is 416 g/mol. The van der Waals surface area contributed by atoms with Crippen molar-refractivity contribution in [3.63, 3.8) is 0 Å². The summed E-state index contributed by atoms with van der Waals surface area (Å²) in [6.45, 7) is 5.40. The fourth-order valence-corrected chi connectivity index (χ4v) is 3.32. The maximum Gasteiger partial charge on any atom is 0.163 e. The lowest BCUT2D eigenvalue weighted by atomic mass is 9.92. The molecule has 2 aromatic carbocycles. The van der Waals surface area contributed by atoms with Gasteiger partial charge in [-0.3, -0.25) is 0 Å². The Bertz CT molecular complexity index is 1080. The molecule has 0 aliphatic heterocycles. The van der Waals surface area contributed by atoms with Crippen LogP contribution < -0.4 is 4.90 Å². The SMILES string of the molecule is C=CC(/C=C/C=[N+](C)CCC#N)=C(/c1ccc(Cl)cc1)c1ccc(N(C)CCC#N)cc1. The van der Waals surface area contributed by atoms with Crippen LogP contribution in [0, 0.1) is 22.7 Å². The molecule has 0 saturated carbocycles. The van der Waals surface area contributed by atoms with Gasteiger partial charge in [-0.05, 0) is 52.6 Å². The van der Waals surface area contributed by atoms with Crippen LogP contribution >= 0.6 is 11.6 Å². The van der Waals surface area contributed by atoms with Crippen LogP contribution in [0.5, 0.6) is 0 Å². The summed E-state index contributed by atoms with van der Waals surface area (Å²) >= 11 is 6.12. The van der Waals surface area contributed by atoms with Gasteiger partial charge in [-0.15, -0.1) is 0 Å². The summed E-state index contributed by atoms with van der Waals surface area (Å²) < 4.78 is 1.98. The molecule has 0 amide bonds. The first-order chi connectivity index (χ1) is 15.5. The lowest BCUT2D eigenvalue weighted by molar-refractivity contribution is -0.490. The van der Waals surface area contributed by atoms with Gasteiger partial charge in [-0.2, -0.15) is 10.5 Å². The summed E-state index contributed by atoms with van der Waals surface area (Å²) in [6.07, 6.45) is 8.75. The van der Waals surface area contributed by atoms with Crippen LogP contribution in [-0.4, -0.2) is 38.0 Å². The zero-order chi connectivity index (χ0) is 23.3. The third-order valence-electron chi connectivity index (χ3n) is 4.99. The van der Waals surface area contributed by atoms with E-state index in [4.69, 9.17) is 22.1 Å². The Morgan fingerprint density at radius 1 is 1.03 bits per heavy atom. The average molecular weight is 444 g/mol. The maximum atomic E-state index is 8.83. The highest BCUT2D eigenvalue weighted by molar-refractivity contribution is 6.30. The molecule has 5 heteroatoms. The highest BCUT2D eigenvalue weighted by atomic mass is 35.5. The highest BCUT2D eigenvalue weighted by Gasteiger charge is 2.10. The zero-order valence-corrected chi connectivity index (χ0v) is 19.4. The summed E-state index contributed by atoms with van der Waals surface area (Å²) in [7, 11) is 3.93. The minimum atomic E-state index is 0.482. The molecule has 0 aliphatic carbocycles. The van der Waals surface area contributed by atoms with Crippen LogP contribution in [0.1, 0.15) is 24.0 Å². The van der Waals surface area contributed by atoms with Gasteiger partial charge in [-0.1, -0.05) is 48.5 Å². The Morgan fingerprint density at radius 2 is 1.62 bits per heavy atom. The average Bonchev–Trinajstić information content (AvgIpc) is 2.81. The van der Waals surface area contributed by atoms with Crippen molar-refractivity contribution >= 4 is 29.1 Å². The Kier molecular flexibility index (Phi) is 9.98. The van der Waals surface area contributed by atoms with Gasteiger partial charge in [0.05, 0.1) is 25.0 Å². The van der Waals surface area contributed by atoms with Gasteiger partial charge in [0, 0.05) is 30.4 Å². The summed E-state index contributed by atoms with van der Waals surface area (Å²) in [5, 5.41) is 18.3. The highest BCUT2D eigenvalue weighted by Crippen LogP contribution is 2.30. The summed E-state index contributed by atoms with van der Waals surface area (Å²) in [5.74, 6) is 0. The number of allylic oxidation sites excluding steroid dienone is 4. The van der Waals surface area contributed by atoms with E-state index in [2.05, 4.69) is 47.9 Å². The van der Waals surface area contributed by atoms with Gasteiger partial charge >= 0.3 is 0 Å². The monoisotopic (exact) mass is 443 g/mol. The number of hydrogen-bond donors (Lipinski definition) is 0. The van der Waals surface area contributed by atoms with Crippen LogP contribution in [0.3, 0.4) is 0 Å². The molecule has 0 aliphatic rings. The van der Waals surface area contributed by atoms with Gasteiger partial charge < -0.3 is 4.90 Å². The minimum Gasteiger partial charge on any atom is -0.374 e. The van der Waals surface area contributed by atoms with Crippen LogP contribution in [0.15, 0.2) is 78.9 Å². The molecule has 4 nitrogen and oxygen atoms in total. The van der Waals surface area contributed by atoms with Crippen molar-refractivity contribution in [2.75, 3.05) is 32.1 Å². The fraction of sp³-hybridized carbons (Fsp3) is 0.222. The fourth-order valence-electron chi connectivity index (χ4n) is 3.19. The van der Waals surface area contributed by atoms with Crippen LogP contribution in [0.4, 0.5) is 5.69 Å². The van der Waals surface area contributed by atoms with Gasteiger partial charge in [-0.25, -0.2) is 4.58 Å². The van der Waals surface area contributed by atoms with Crippen molar-refractivity contribution in [1.29, 1.82) is 10.5 Å². The number of benzene rings is 2. The molecule has 32 heavy (non-hydrogen) atoms. The predicted octanol–water partition coefficient (Wildman–Crippen LogP) is 5.86. The molecule has 0 heterocycles. The molecule has 162 valence electrons. The van der Waals surface area contributed by atoms with Crippen molar-refractivity contribution in [1.82, 2.24) is 0 Å². The van der Waals surface area contributed by atoms with Crippen molar-refractivity contribution < 1.29 is 4.58 Å². The van der Waals surface area contributed by atoms with E-state index in [1.807, 2.05) is 67.4 Å². The summed E-state index contributed by atoms with van der Waals surface area (Å²) in [5.41, 5.74) is 5.18. The molecule has 2 rings (SSSR count). The van der Waals surface area contributed by atoms with Crippen LogP contribution in [0.25, 0.3) is 5.57 Å². The topological polar surface area (TPSA) is 53.8 Å². The van der Waals surface area contributed by atoms with Crippen molar-refractivity contribution in [3.05, 3.63) is 95.1 Å². The van der Waals surface area contributed by atoms with Crippen molar-refractivity contribution in [3.8, 4) is 12.1 Å². The summed E-state index contributed by atoms with van der Waals surface area (Å²) in [4.78, 5) is 2.07. The lowest BCUT2D eigenvalue weighted by Crippen LogP contribution is -2.17. The second kappa shape index (κ2) is 13.0. The van der Waals surface area contributed by atoms with Gasteiger partial charge in [0.1, 0.15) is 7.05 Å². The Hall–Kier alpha value is -3.60. The van der Waals surface area contributed by atoms with E-state index in [9.17, 15) is 0 Å². The lowest BCUT2D eigenvalue weighted by Gasteiger charge is -2.19. The Balaban J connectivity index is 2.48. The molecule has 0 unspecified atom stereocenters.